The minimum Gasteiger partial charge on any atom is -0.298 e. The van der Waals surface area contributed by atoms with Gasteiger partial charge in [-0.2, -0.15) is 0 Å². The Kier molecular flexibility index (Phi) is 5.70. The third-order valence-electron chi connectivity index (χ3n) is 4.77. The van der Waals surface area contributed by atoms with Crippen molar-refractivity contribution in [3.63, 3.8) is 0 Å². The molecule has 0 radical (unpaired) electrons. The number of hydrogen-bond donors (Lipinski definition) is 0. The normalized spacial score (nSPS) is 13.6. The first kappa shape index (κ1) is 20.0. The molecule has 0 aliphatic carbocycles. The maximum absolute atomic E-state index is 13.3. The lowest BCUT2D eigenvalue weighted by Gasteiger charge is -2.18. The summed E-state index contributed by atoms with van der Waals surface area (Å²) in [5.74, 6) is 0.365. The van der Waals surface area contributed by atoms with E-state index in [-0.39, 0.29) is 5.37 Å². The second kappa shape index (κ2) is 7.70. The largest absolute Gasteiger partial charge is 0.298 e. The molecule has 1 aromatic heterocycles. The molecule has 1 atom stereocenters. The molecule has 4 nitrogen and oxygen atoms in total. The molecule has 0 bridgehead atoms. The van der Waals surface area contributed by atoms with Crippen molar-refractivity contribution < 1.29 is 8.42 Å². The van der Waals surface area contributed by atoms with Gasteiger partial charge in [-0.05, 0) is 50.7 Å². The average Bonchev–Trinajstić information content (AvgIpc) is 3.01. The van der Waals surface area contributed by atoms with Crippen LogP contribution in [0.5, 0.6) is 0 Å². The summed E-state index contributed by atoms with van der Waals surface area (Å²) in [6, 6.07) is 14.9. The van der Waals surface area contributed by atoms with Crippen molar-refractivity contribution in [3.8, 4) is 0 Å². The van der Waals surface area contributed by atoms with Crippen molar-refractivity contribution >= 4 is 32.7 Å². The predicted molar refractivity (Wildman–Crippen MR) is 114 cm³/mol. The van der Waals surface area contributed by atoms with Crippen LogP contribution in [0, 0.1) is 0 Å². The molecule has 27 heavy (non-hydrogen) atoms. The average molecular weight is 403 g/mol. The zero-order valence-corrected chi connectivity index (χ0v) is 18.0. The van der Waals surface area contributed by atoms with E-state index in [4.69, 9.17) is 0 Å². The first-order valence-corrected chi connectivity index (χ1v) is 11.3. The predicted octanol–water partition coefficient (Wildman–Crippen LogP) is 5.00. The lowest BCUT2D eigenvalue weighted by Crippen LogP contribution is -2.20. The Morgan fingerprint density at radius 3 is 2.19 bits per heavy atom. The highest BCUT2D eigenvalue weighted by Gasteiger charge is 2.22. The fourth-order valence-corrected chi connectivity index (χ4v) is 5.32. The van der Waals surface area contributed by atoms with Crippen LogP contribution >= 0.6 is 11.8 Å². The molecule has 0 saturated heterocycles. The minimum atomic E-state index is -3.65. The molecule has 6 heteroatoms. The van der Waals surface area contributed by atoms with Gasteiger partial charge in [-0.25, -0.2) is 12.4 Å². The number of fused-ring (bicyclic) bond motifs is 1. The van der Waals surface area contributed by atoms with Crippen LogP contribution in [0.2, 0.25) is 0 Å². The molecule has 3 rings (SSSR count). The Balaban J connectivity index is 2.10. The molecule has 2 aromatic carbocycles. The third kappa shape index (κ3) is 3.93. The Labute approximate surface area is 166 Å². The quantitative estimate of drug-likeness (QED) is 0.430. The van der Waals surface area contributed by atoms with E-state index in [2.05, 4.69) is 25.7 Å². The third-order valence-corrected chi connectivity index (χ3v) is 7.80. The van der Waals surface area contributed by atoms with E-state index >= 15 is 0 Å². The van der Waals surface area contributed by atoms with Crippen molar-refractivity contribution in [2.45, 2.75) is 41.9 Å². The monoisotopic (exact) mass is 402 g/mol. The molecular weight excluding hydrogens is 376 g/mol. The smallest absolute Gasteiger partial charge is 0.268 e. The maximum atomic E-state index is 13.3. The number of nitrogens with zero attached hydrogens (tertiary/aromatic N) is 2. The Hall–Kier alpha value is -1.76. The van der Waals surface area contributed by atoms with Gasteiger partial charge in [-0.15, -0.1) is 11.8 Å². The molecule has 0 aliphatic rings. The van der Waals surface area contributed by atoms with Gasteiger partial charge >= 0.3 is 0 Å². The molecular formula is C21H26N2O2S2. The van der Waals surface area contributed by atoms with Crippen LogP contribution in [0.25, 0.3) is 10.9 Å². The second-order valence-electron chi connectivity index (χ2n) is 7.22. The first-order valence-electron chi connectivity index (χ1n) is 9.00. The lowest BCUT2D eigenvalue weighted by molar-refractivity contribution is 0.402. The molecule has 0 fully saturated rings. The zero-order chi connectivity index (χ0) is 19.8. The summed E-state index contributed by atoms with van der Waals surface area (Å²) in [7, 11) is 0.382. The van der Waals surface area contributed by atoms with Crippen LogP contribution in [0.4, 0.5) is 0 Å². The van der Waals surface area contributed by atoms with E-state index in [0.29, 0.717) is 16.3 Å². The zero-order valence-electron chi connectivity index (χ0n) is 16.4. The maximum Gasteiger partial charge on any atom is 0.268 e. The van der Waals surface area contributed by atoms with Crippen LogP contribution in [0.3, 0.4) is 0 Å². The molecule has 0 amide bonds. The highest BCUT2D eigenvalue weighted by atomic mass is 32.2. The van der Waals surface area contributed by atoms with Crippen LogP contribution in [0.1, 0.15) is 32.3 Å². The highest BCUT2D eigenvalue weighted by Crippen LogP contribution is 2.35. The highest BCUT2D eigenvalue weighted by molar-refractivity contribution is 8.00. The van der Waals surface area contributed by atoms with Crippen LogP contribution < -0.4 is 0 Å². The Morgan fingerprint density at radius 2 is 1.59 bits per heavy atom. The van der Waals surface area contributed by atoms with Crippen molar-refractivity contribution in [3.05, 3.63) is 60.3 Å². The fourth-order valence-electron chi connectivity index (χ4n) is 2.84. The van der Waals surface area contributed by atoms with E-state index in [9.17, 15) is 8.42 Å². The second-order valence-corrected chi connectivity index (χ2v) is 10.4. The molecule has 1 heterocycles. The summed E-state index contributed by atoms with van der Waals surface area (Å²) in [6.07, 6.45) is 1.75. The van der Waals surface area contributed by atoms with Crippen molar-refractivity contribution in [1.29, 1.82) is 0 Å². The molecule has 1 unspecified atom stereocenters. The molecule has 3 aromatic rings. The van der Waals surface area contributed by atoms with Gasteiger partial charge in [0.15, 0.2) is 0 Å². The standard InChI is InChI=1S/C21H26N2O2S2/c1-15(2)17-10-12-18(13-11-17)27(24,25)23-14-21(26-16(3)22(4)5)19-8-6-7-9-20(19)23/h6-16H,1-5H3. The van der Waals surface area contributed by atoms with Gasteiger partial charge in [-0.3, -0.25) is 4.90 Å². The number of aromatic nitrogens is 1. The number of hydrogen-bond acceptors (Lipinski definition) is 4. The summed E-state index contributed by atoms with van der Waals surface area (Å²) >= 11 is 1.66. The number of benzene rings is 2. The summed E-state index contributed by atoms with van der Waals surface area (Å²) < 4.78 is 28.0. The molecule has 144 valence electrons. The van der Waals surface area contributed by atoms with Crippen LogP contribution in [0.15, 0.2) is 64.5 Å². The first-order chi connectivity index (χ1) is 12.7. The van der Waals surface area contributed by atoms with Crippen molar-refractivity contribution in [1.82, 2.24) is 8.87 Å². The summed E-state index contributed by atoms with van der Waals surface area (Å²) in [5.41, 5.74) is 1.83. The minimum absolute atomic E-state index is 0.234. The summed E-state index contributed by atoms with van der Waals surface area (Å²) in [6.45, 7) is 6.30. The van der Waals surface area contributed by atoms with E-state index in [1.807, 2.05) is 50.5 Å². The van der Waals surface area contributed by atoms with E-state index in [1.54, 1.807) is 30.1 Å². The number of thioether (sulfide) groups is 1. The van der Waals surface area contributed by atoms with Crippen molar-refractivity contribution in [2.24, 2.45) is 0 Å². The fraction of sp³-hybridized carbons (Fsp3) is 0.333. The van der Waals surface area contributed by atoms with Gasteiger partial charge in [0.25, 0.3) is 10.0 Å². The van der Waals surface area contributed by atoms with Crippen LogP contribution in [-0.4, -0.2) is 36.8 Å². The van der Waals surface area contributed by atoms with E-state index in [0.717, 1.165) is 15.8 Å². The van der Waals surface area contributed by atoms with Gasteiger partial charge in [-0.1, -0.05) is 44.2 Å². The van der Waals surface area contributed by atoms with Gasteiger partial charge < -0.3 is 0 Å². The lowest BCUT2D eigenvalue weighted by atomic mass is 10.0. The molecule has 0 N–H and O–H groups in total. The van der Waals surface area contributed by atoms with Gasteiger partial charge in [0.1, 0.15) is 0 Å². The van der Waals surface area contributed by atoms with E-state index in [1.165, 1.54) is 3.97 Å². The van der Waals surface area contributed by atoms with Crippen molar-refractivity contribution in [2.75, 3.05) is 14.1 Å². The Morgan fingerprint density at radius 1 is 0.963 bits per heavy atom. The topological polar surface area (TPSA) is 42.3 Å². The number of para-hydroxylation sites is 1. The number of rotatable bonds is 6. The van der Waals surface area contributed by atoms with Gasteiger partial charge in [0, 0.05) is 16.5 Å². The molecule has 0 aliphatic heterocycles. The summed E-state index contributed by atoms with van der Waals surface area (Å²) in [5, 5.41) is 1.19. The Bertz CT molecular complexity index is 1040. The molecule has 0 saturated carbocycles. The van der Waals surface area contributed by atoms with Gasteiger partial charge in [0.05, 0.1) is 15.8 Å². The summed E-state index contributed by atoms with van der Waals surface area (Å²) in [4.78, 5) is 3.38. The van der Waals surface area contributed by atoms with Gasteiger partial charge in [0.2, 0.25) is 0 Å². The van der Waals surface area contributed by atoms with E-state index < -0.39 is 10.0 Å². The SMILES string of the molecule is CC(C)c1ccc(S(=O)(=O)n2cc(SC(C)N(C)C)c3ccccc32)cc1. The van der Waals surface area contributed by atoms with Crippen LogP contribution in [-0.2, 0) is 10.0 Å². The molecule has 0 spiro atoms.